The molecule has 0 radical (unpaired) electrons. The zero-order valence-electron chi connectivity index (χ0n) is 24.4. The SMILES string of the molecule is [N-]=[N+]=NCC1=C([C@H]2OC(C3CCC(OCCCO)CC3)=N[C@@]2(CC2CCCCC2)C(=O)NCC(O)CO)CCCC1. The predicted molar refractivity (Wildman–Crippen MR) is 155 cm³/mol. The minimum absolute atomic E-state index is 0.0553. The van der Waals surface area contributed by atoms with E-state index in [1.54, 1.807) is 0 Å². The number of ether oxygens (including phenoxy) is 2. The summed E-state index contributed by atoms with van der Waals surface area (Å²) in [5, 5.41) is 35.3. The van der Waals surface area contributed by atoms with Gasteiger partial charge in [-0.2, -0.15) is 0 Å². The van der Waals surface area contributed by atoms with E-state index >= 15 is 0 Å². The highest BCUT2D eigenvalue weighted by atomic mass is 16.5. The summed E-state index contributed by atoms with van der Waals surface area (Å²) in [6, 6.07) is 0. The molecule has 1 heterocycles. The molecule has 0 aromatic heterocycles. The zero-order chi connectivity index (χ0) is 29.1. The molecule has 1 unspecified atom stereocenters. The first-order valence-corrected chi connectivity index (χ1v) is 15.8. The van der Waals surface area contributed by atoms with E-state index in [9.17, 15) is 15.0 Å². The van der Waals surface area contributed by atoms with Crippen LogP contribution in [-0.2, 0) is 14.3 Å². The summed E-state index contributed by atoms with van der Waals surface area (Å²) in [5.41, 5.74) is 9.97. The Morgan fingerprint density at radius 2 is 1.88 bits per heavy atom. The van der Waals surface area contributed by atoms with E-state index in [0.29, 0.717) is 31.3 Å². The molecule has 4 aliphatic rings. The number of rotatable bonds is 14. The summed E-state index contributed by atoms with van der Waals surface area (Å²) < 4.78 is 12.8. The quantitative estimate of drug-likeness (QED) is 0.0799. The summed E-state index contributed by atoms with van der Waals surface area (Å²) in [6.07, 6.45) is 12.3. The third-order valence-electron chi connectivity index (χ3n) is 9.36. The fourth-order valence-corrected chi connectivity index (χ4v) is 7.12. The lowest BCUT2D eigenvalue weighted by Crippen LogP contribution is -2.55. The van der Waals surface area contributed by atoms with Gasteiger partial charge < -0.3 is 30.1 Å². The van der Waals surface area contributed by atoms with Gasteiger partial charge in [0.25, 0.3) is 5.91 Å². The highest BCUT2D eigenvalue weighted by Crippen LogP contribution is 2.46. The number of aliphatic hydroxyl groups excluding tert-OH is 3. The van der Waals surface area contributed by atoms with E-state index < -0.39 is 24.4 Å². The average Bonchev–Trinajstić information content (AvgIpc) is 3.39. The smallest absolute Gasteiger partial charge is 0.252 e. The van der Waals surface area contributed by atoms with Gasteiger partial charge in [-0.3, -0.25) is 4.79 Å². The van der Waals surface area contributed by atoms with Crippen LogP contribution >= 0.6 is 0 Å². The molecule has 1 aliphatic heterocycles. The molecule has 0 aromatic rings. The van der Waals surface area contributed by atoms with Crippen molar-refractivity contribution in [2.24, 2.45) is 21.9 Å². The number of aliphatic imine (C=N–C) groups is 1. The standard InChI is InChI=1S/C30H49N5O6/c31-35-33-18-23-9-4-5-10-26(23)27-30(17-21-7-2-1-3-8-21,29(39)32-19-24(38)20-37)34-28(41-27)22-11-13-25(14-12-22)40-16-6-15-36/h21-22,24-25,27,36-38H,1-20H2,(H,32,39)/t22?,24?,25?,27-,30-/m1/s1. The van der Waals surface area contributed by atoms with Crippen molar-refractivity contribution < 1.29 is 29.6 Å². The van der Waals surface area contributed by atoms with Crippen molar-refractivity contribution in [2.75, 3.05) is 32.9 Å². The molecule has 230 valence electrons. The minimum Gasteiger partial charge on any atom is -0.470 e. The molecule has 11 heteroatoms. The van der Waals surface area contributed by atoms with Crippen LogP contribution in [0.3, 0.4) is 0 Å². The summed E-state index contributed by atoms with van der Waals surface area (Å²) in [7, 11) is 0. The van der Waals surface area contributed by atoms with Gasteiger partial charge in [0.05, 0.1) is 18.8 Å². The van der Waals surface area contributed by atoms with Gasteiger partial charge in [-0.25, -0.2) is 4.99 Å². The molecule has 0 saturated heterocycles. The van der Waals surface area contributed by atoms with E-state index in [4.69, 9.17) is 25.1 Å². The van der Waals surface area contributed by atoms with Crippen molar-refractivity contribution in [2.45, 2.75) is 120 Å². The van der Waals surface area contributed by atoms with Gasteiger partial charge in [0.15, 0.2) is 17.5 Å². The Kier molecular flexibility index (Phi) is 12.3. The van der Waals surface area contributed by atoms with Crippen LogP contribution in [0.2, 0.25) is 0 Å². The summed E-state index contributed by atoms with van der Waals surface area (Å²) in [5.74, 6) is 0.799. The summed E-state index contributed by atoms with van der Waals surface area (Å²) in [4.78, 5) is 22.5. The number of hydrogen-bond donors (Lipinski definition) is 4. The molecule has 41 heavy (non-hydrogen) atoms. The van der Waals surface area contributed by atoms with Crippen LogP contribution in [0.15, 0.2) is 21.3 Å². The van der Waals surface area contributed by atoms with Crippen molar-refractivity contribution in [1.29, 1.82) is 0 Å². The number of nitrogens with zero attached hydrogens (tertiary/aromatic N) is 4. The van der Waals surface area contributed by atoms with Gasteiger partial charge in [0.1, 0.15) is 0 Å². The Morgan fingerprint density at radius 1 is 1.12 bits per heavy atom. The molecular weight excluding hydrogens is 526 g/mol. The lowest BCUT2D eigenvalue weighted by molar-refractivity contribution is -0.129. The van der Waals surface area contributed by atoms with Crippen LogP contribution in [0.4, 0.5) is 0 Å². The number of nitrogens with one attached hydrogen (secondary N) is 1. The van der Waals surface area contributed by atoms with E-state index in [2.05, 4.69) is 15.3 Å². The maximum Gasteiger partial charge on any atom is 0.252 e. The van der Waals surface area contributed by atoms with Gasteiger partial charge in [-0.15, -0.1) is 0 Å². The van der Waals surface area contributed by atoms with Crippen LogP contribution in [0.5, 0.6) is 0 Å². The number of carbonyl (C=O) groups is 1. The van der Waals surface area contributed by atoms with E-state index in [0.717, 1.165) is 88.2 Å². The first-order valence-electron chi connectivity index (χ1n) is 15.8. The van der Waals surface area contributed by atoms with Gasteiger partial charge in [0.2, 0.25) is 0 Å². The molecule has 3 aliphatic carbocycles. The van der Waals surface area contributed by atoms with E-state index in [-0.39, 0.29) is 37.6 Å². The van der Waals surface area contributed by atoms with Crippen molar-refractivity contribution in [3.8, 4) is 0 Å². The van der Waals surface area contributed by atoms with Crippen LogP contribution in [0.25, 0.3) is 10.4 Å². The second kappa shape index (κ2) is 15.9. The van der Waals surface area contributed by atoms with Crippen molar-refractivity contribution in [3.63, 3.8) is 0 Å². The highest BCUT2D eigenvalue weighted by molar-refractivity contribution is 5.95. The monoisotopic (exact) mass is 575 g/mol. The summed E-state index contributed by atoms with van der Waals surface area (Å²) in [6.45, 7) is 0.453. The molecule has 2 fully saturated rings. The number of amides is 1. The topological polar surface area (TPSA) is 169 Å². The number of azide groups is 1. The van der Waals surface area contributed by atoms with Crippen LogP contribution in [0, 0.1) is 11.8 Å². The number of carbonyl (C=O) groups excluding carboxylic acids is 1. The van der Waals surface area contributed by atoms with Crippen LogP contribution in [0.1, 0.15) is 96.3 Å². The van der Waals surface area contributed by atoms with Crippen molar-refractivity contribution in [1.82, 2.24) is 5.32 Å². The number of hydrogen-bond acceptors (Lipinski definition) is 8. The third-order valence-corrected chi connectivity index (χ3v) is 9.36. The summed E-state index contributed by atoms with van der Waals surface area (Å²) >= 11 is 0. The Hall–Kier alpha value is -2.17. The molecule has 11 nitrogen and oxygen atoms in total. The van der Waals surface area contributed by atoms with Gasteiger partial charge in [-0.05, 0) is 81.2 Å². The van der Waals surface area contributed by atoms with Gasteiger partial charge in [0, 0.05) is 37.1 Å². The maximum absolute atomic E-state index is 14.2. The minimum atomic E-state index is -1.17. The first kappa shape index (κ1) is 31.8. The lowest BCUT2D eigenvalue weighted by atomic mass is 9.72. The molecular formula is C30H49N5O6. The van der Waals surface area contributed by atoms with Crippen molar-refractivity contribution >= 4 is 11.8 Å². The van der Waals surface area contributed by atoms with Gasteiger partial charge >= 0.3 is 0 Å². The molecule has 4 rings (SSSR count). The molecule has 0 spiro atoms. The molecule has 3 atom stereocenters. The lowest BCUT2D eigenvalue weighted by Gasteiger charge is -2.37. The second-order valence-electron chi connectivity index (χ2n) is 12.3. The highest BCUT2D eigenvalue weighted by Gasteiger charge is 2.56. The molecule has 0 bridgehead atoms. The Labute approximate surface area is 243 Å². The average molecular weight is 576 g/mol. The van der Waals surface area contributed by atoms with Gasteiger partial charge in [-0.1, -0.05) is 42.8 Å². The number of aliphatic hydroxyl groups is 3. The molecule has 4 N–H and O–H groups in total. The zero-order valence-corrected chi connectivity index (χ0v) is 24.4. The second-order valence-corrected chi connectivity index (χ2v) is 12.3. The Balaban J connectivity index is 1.67. The molecule has 2 saturated carbocycles. The Bertz CT molecular complexity index is 968. The Morgan fingerprint density at radius 3 is 2.59 bits per heavy atom. The molecule has 1 amide bonds. The fraction of sp³-hybridized carbons (Fsp3) is 0.867. The predicted octanol–water partition coefficient (Wildman–Crippen LogP) is 4.10. The largest absolute Gasteiger partial charge is 0.470 e. The molecule has 0 aromatic carbocycles. The van der Waals surface area contributed by atoms with E-state index in [1.807, 2.05) is 0 Å². The fourth-order valence-electron chi connectivity index (χ4n) is 7.12. The van der Waals surface area contributed by atoms with Crippen LogP contribution in [-0.4, -0.2) is 83.9 Å². The normalized spacial score (nSPS) is 29.8. The van der Waals surface area contributed by atoms with Crippen LogP contribution < -0.4 is 5.32 Å². The first-order chi connectivity index (χ1) is 20.0. The van der Waals surface area contributed by atoms with Crippen molar-refractivity contribution in [3.05, 3.63) is 21.6 Å². The maximum atomic E-state index is 14.2. The third kappa shape index (κ3) is 8.23. The van der Waals surface area contributed by atoms with E-state index in [1.165, 1.54) is 6.42 Å².